The molecule has 2 aromatic carbocycles. The van der Waals surface area contributed by atoms with Crippen molar-refractivity contribution in [2.75, 3.05) is 26.7 Å². The Kier molecular flexibility index (Phi) is 6.34. The van der Waals surface area contributed by atoms with Crippen molar-refractivity contribution in [1.82, 2.24) is 14.4 Å². The normalized spacial score (nSPS) is 16.0. The van der Waals surface area contributed by atoms with Gasteiger partial charge in [-0.3, -0.25) is 9.59 Å². The van der Waals surface area contributed by atoms with Gasteiger partial charge in [0.25, 0.3) is 11.8 Å². The molecule has 0 bridgehead atoms. The highest BCUT2D eigenvalue weighted by Gasteiger charge is 2.32. The van der Waals surface area contributed by atoms with Crippen molar-refractivity contribution < 1.29 is 14.3 Å². The molecule has 1 atom stereocenters. The first-order valence-corrected chi connectivity index (χ1v) is 12.7. The number of amides is 2. The van der Waals surface area contributed by atoms with Gasteiger partial charge < -0.3 is 19.1 Å². The fraction of sp³-hybridized carbons (Fsp3) is 0.286. The molecule has 1 aliphatic rings. The van der Waals surface area contributed by atoms with E-state index in [1.165, 1.54) is 0 Å². The molecule has 180 valence electrons. The van der Waals surface area contributed by atoms with E-state index in [0.717, 1.165) is 27.1 Å². The average Bonchev–Trinajstić information content (AvgIpc) is 3.46. The molecule has 6 nitrogen and oxygen atoms in total. The summed E-state index contributed by atoms with van der Waals surface area (Å²) >= 11 is 1.64. The number of hydrogen-bond donors (Lipinski definition) is 0. The Morgan fingerprint density at radius 2 is 1.83 bits per heavy atom. The fourth-order valence-corrected chi connectivity index (χ4v) is 5.63. The Hall–Kier alpha value is -3.58. The molecule has 2 aromatic heterocycles. The number of hydrogen-bond acceptors (Lipinski definition) is 4. The van der Waals surface area contributed by atoms with E-state index >= 15 is 0 Å². The summed E-state index contributed by atoms with van der Waals surface area (Å²) in [6.07, 6.45) is 0. The Morgan fingerprint density at radius 1 is 1.03 bits per heavy atom. The number of thiophene rings is 1. The zero-order valence-corrected chi connectivity index (χ0v) is 21.0. The second-order valence-electron chi connectivity index (χ2n) is 9.11. The van der Waals surface area contributed by atoms with Crippen LogP contribution in [0.1, 0.15) is 38.9 Å². The van der Waals surface area contributed by atoms with Crippen LogP contribution < -0.4 is 4.74 Å². The van der Waals surface area contributed by atoms with E-state index < -0.39 is 0 Å². The molecule has 7 heteroatoms. The van der Waals surface area contributed by atoms with Crippen molar-refractivity contribution >= 4 is 33.4 Å². The van der Waals surface area contributed by atoms with Crippen molar-refractivity contribution in [3.63, 3.8) is 0 Å². The van der Waals surface area contributed by atoms with Gasteiger partial charge in [-0.15, -0.1) is 11.3 Å². The SMILES string of the molecule is COc1cccc(Cn2c(C(=O)N3CCN(C(=O)c4ccc(C)cc4)C(C)C3)cc3ccsc32)c1. The lowest BCUT2D eigenvalue weighted by Gasteiger charge is -2.40. The molecule has 4 aromatic rings. The second-order valence-corrected chi connectivity index (χ2v) is 10.0. The molecule has 0 spiro atoms. The highest BCUT2D eigenvalue weighted by Crippen LogP contribution is 2.28. The number of piperazine rings is 1. The maximum atomic E-state index is 13.7. The standard InChI is InChI=1S/C28H29N3O3S/c1-19-7-9-22(10-8-19)26(32)30-13-12-29(17-20(30)2)27(33)25-16-23-11-14-35-28(23)31(25)18-21-5-4-6-24(15-21)34-3/h4-11,14-16,20H,12-13,17-18H2,1-3H3. The fourth-order valence-electron chi connectivity index (χ4n) is 4.73. The number of rotatable bonds is 5. The van der Waals surface area contributed by atoms with Gasteiger partial charge in [-0.1, -0.05) is 29.8 Å². The summed E-state index contributed by atoms with van der Waals surface area (Å²) in [5.74, 6) is 0.824. The van der Waals surface area contributed by atoms with Crippen molar-refractivity contribution in [2.45, 2.75) is 26.4 Å². The number of carbonyl (C=O) groups excluding carboxylic acids is 2. The van der Waals surface area contributed by atoms with Gasteiger partial charge in [0.05, 0.1) is 7.11 Å². The van der Waals surface area contributed by atoms with Crippen LogP contribution in [0.5, 0.6) is 5.75 Å². The maximum absolute atomic E-state index is 13.7. The van der Waals surface area contributed by atoms with Crippen molar-refractivity contribution in [3.05, 3.63) is 88.4 Å². The van der Waals surface area contributed by atoms with Crippen LogP contribution in [0.15, 0.2) is 66.0 Å². The molecule has 5 rings (SSSR count). The van der Waals surface area contributed by atoms with E-state index in [2.05, 4.69) is 16.0 Å². The van der Waals surface area contributed by atoms with Gasteiger partial charge in [-0.05, 0) is 61.2 Å². The number of nitrogens with zero attached hydrogens (tertiary/aromatic N) is 3. The van der Waals surface area contributed by atoms with Gasteiger partial charge >= 0.3 is 0 Å². The first-order valence-electron chi connectivity index (χ1n) is 11.8. The molecular weight excluding hydrogens is 458 g/mol. The summed E-state index contributed by atoms with van der Waals surface area (Å²) < 4.78 is 7.49. The van der Waals surface area contributed by atoms with E-state index in [1.807, 2.05) is 78.2 Å². The van der Waals surface area contributed by atoms with Crippen molar-refractivity contribution in [1.29, 1.82) is 0 Å². The Bertz CT molecular complexity index is 1370. The van der Waals surface area contributed by atoms with E-state index in [4.69, 9.17) is 4.74 Å². The minimum absolute atomic E-state index is 0.00517. The van der Waals surface area contributed by atoms with Gasteiger partial charge in [0.15, 0.2) is 0 Å². The number of aromatic nitrogens is 1. The minimum Gasteiger partial charge on any atom is -0.497 e. The highest BCUT2D eigenvalue weighted by molar-refractivity contribution is 7.16. The smallest absolute Gasteiger partial charge is 0.270 e. The number of aryl methyl sites for hydroxylation is 1. The maximum Gasteiger partial charge on any atom is 0.270 e. The van der Waals surface area contributed by atoms with Crippen molar-refractivity contribution in [3.8, 4) is 5.75 Å². The Morgan fingerprint density at radius 3 is 2.57 bits per heavy atom. The molecule has 1 fully saturated rings. The quantitative estimate of drug-likeness (QED) is 0.396. The zero-order chi connectivity index (χ0) is 24.5. The predicted molar refractivity (Wildman–Crippen MR) is 139 cm³/mol. The third-order valence-electron chi connectivity index (χ3n) is 6.67. The number of fused-ring (bicyclic) bond motifs is 1. The molecule has 35 heavy (non-hydrogen) atoms. The van der Waals surface area contributed by atoms with Crippen molar-refractivity contribution in [2.24, 2.45) is 0 Å². The molecule has 0 saturated carbocycles. The topological polar surface area (TPSA) is 54.8 Å². The molecule has 1 aliphatic heterocycles. The lowest BCUT2D eigenvalue weighted by atomic mass is 10.1. The summed E-state index contributed by atoms with van der Waals surface area (Å²) in [4.78, 5) is 31.6. The molecular formula is C28H29N3O3S. The van der Waals surface area contributed by atoms with E-state index in [-0.39, 0.29) is 17.9 Å². The highest BCUT2D eigenvalue weighted by atomic mass is 32.1. The number of ether oxygens (including phenoxy) is 1. The van der Waals surface area contributed by atoms with Crippen LogP contribution in [0.4, 0.5) is 0 Å². The van der Waals surface area contributed by atoms with Crippen LogP contribution in [0.3, 0.4) is 0 Å². The lowest BCUT2D eigenvalue weighted by molar-refractivity contribution is 0.0409. The van der Waals surface area contributed by atoms with Crippen LogP contribution in [-0.2, 0) is 6.54 Å². The average molecular weight is 488 g/mol. The zero-order valence-electron chi connectivity index (χ0n) is 20.2. The molecule has 0 N–H and O–H groups in total. The molecule has 2 amide bonds. The van der Waals surface area contributed by atoms with Crippen LogP contribution in [-0.4, -0.2) is 59.0 Å². The number of benzene rings is 2. The number of carbonyl (C=O) groups is 2. The van der Waals surface area contributed by atoms with Gasteiger partial charge in [0, 0.05) is 43.2 Å². The largest absolute Gasteiger partial charge is 0.497 e. The molecule has 3 heterocycles. The summed E-state index contributed by atoms with van der Waals surface area (Å²) in [7, 11) is 1.66. The summed E-state index contributed by atoms with van der Waals surface area (Å²) in [5, 5.41) is 3.13. The van der Waals surface area contributed by atoms with E-state index in [0.29, 0.717) is 37.4 Å². The monoisotopic (exact) mass is 487 g/mol. The third kappa shape index (κ3) is 4.56. The lowest BCUT2D eigenvalue weighted by Crippen LogP contribution is -2.55. The second kappa shape index (κ2) is 9.58. The minimum atomic E-state index is -0.0654. The van der Waals surface area contributed by atoms with E-state index in [1.54, 1.807) is 18.4 Å². The molecule has 0 radical (unpaired) electrons. The first kappa shape index (κ1) is 23.2. The van der Waals surface area contributed by atoms with E-state index in [9.17, 15) is 9.59 Å². The van der Waals surface area contributed by atoms with Gasteiger partial charge in [0.1, 0.15) is 16.3 Å². The Labute approximate surface area is 209 Å². The summed E-state index contributed by atoms with van der Waals surface area (Å²) in [5.41, 5.74) is 3.57. The Balaban J connectivity index is 1.36. The van der Waals surface area contributed by atoms with Gasteiger partial charge in [-0.2, -0.15) is 0 Å². The number of methoxy groups -OCH3 is 1. The third-order valence-corrected chi connectivity index (χ3v) is 7.62. The molecule has 1 unspecified atom stereocenters. The molecule has 1 saturated heterocycles. The first-order chi connectivity index (χ1) is 16.9. The van der Waals surface area contributed by atoms with Crippen LogP contribution in [0.25, 0.3) is 10.2 Å². The molecule has 0 aliphatic carbocycles. The van der Waals surface area contributed by atoms with Crippen LogP contribution in [0, 0.1) is 6.92 Å². The van der Waals surface area contributed by atoms with Gasteiger partial charge in [0.2, 0.25) is 0 Å². The van der Waals surface area contributed by atoms with Crippen LogP contribution in [0.2, 0.25) is 0 Å². The van der Waals surface area contributed by atoms with Crippen LogP contribution >= 0.6 is 11.3 Å². The van der Waals surface area contributed by atoms with Gasteiger partial charge in [-0.25, -0.2) is 0 Å². The predicted octanol–water partition coefficient (Wildman–Crippen LogP) is 5.05. The summed E-state index contributed by atoms with van der Waals surface area (Å²) in [6, 6.07) is 19.6. The summed E-state index contributed by atoms with van der Waals surface area (Å²) in [6.45, 7) is 6.15.